The Kier molecular flexibility index (Phi) is 6.02. The Morgan fingerprint density at radius 2 is 2.00 bits per heavy atom. The number of aryl methyl sites for hydroxylation is 1. The van der Waals surface area contributed by atoms with E-state index in [0.717, 1.165) is 18.4 Å². The van der Waals surface area contributed by atoms with E-state index in [1.807, 2.05) is 13.0 Å². The van der Waals surface area contributed by atoms with Gasteiger partial charge in [-0.3, -0.25) is 9.59 Å². The summed E-state index contributed by atoms with van der Waals surface area (Å²) in [6.45, 7) is 2.49. The molecule has 0 saturated carbocycles. The molecule has 2 amide bonds. The highest BCUT2D eigenvalue weighted by atomic mass is 16.2. The van der Waals surface area contributed by atoms with Gasteiger partial charge in [-0.25, -0.2) is 0 Å². The number of anilines is 1. The first kappa shape index (κ1) is 15.2. The lowest BCUT2D eigenvalue weighted by molar-refractivity contribution is -0.116. The van der Waals surface area contributed by atoms with Crippen molar-refractivity contribution in [1.29, 1.82) is 0 Å². The number of hydrogen-bond acceptors (Lipinski definition) is 3. The second-order valence-electron chi connectivity index (χ2n) is 4.40. The maximum absolute atomic E-state index is 11.7. The number of carbonyl (C=O) groups excluding carboxylic acids is 2. The van der Waals surface area contributed by atoms with E-state index in [4.69, 9.17) is 5.73 Å². The van der Waals surface area contributed by atoms with Gasteiger partial charge in [-0.05, 0) is 44.0 Å². The second-order valence-corrected chi connectivity index (χ2v) is 4.40. The number of nitrogens with two attached hydrogens (primary N) is 1. The van der Waals surface area contributed by atoms with Crippen molar-refractivity contribution in [3.63, 3.8) is 0 Å². The molecular weight excluding hydrogens is 242 g/mol. The molecule has 1 aromatic carbocycles. The summed E-state index contributed by atoms with van der Waals surface area (Å²) in [4.78, 5) is 23.3. The SMILES string of the molecule is CNC(=O)c1ccc(C)c(NC(=O)CCCCN)c1. The molecule has 0 aliphatic carbocycles. The molecule has 0 atom stereocenters. The van der Waals surface area contributed by atoms with Gasteiger partial charge in [-0.1, -0.05) is 6.07 Å². The van der Waals surface area contributed by atoms with Crippen LogP contribution in [0.25, 0.3) is 0 Å². The molecule has 4 N–H and O–H groups in total. The fourth-order valence-corrected chi connectivity index (χ4v) is 1.68. The zero-order valence-corrected chi connectivity index (χ0v) is 11.5. The van der Waals surface area contributed by atoms with Crippen molar-refractivity contribution < 1.29 is 9.59 Å². The van der Waals surface area contributed by atoms with E-state index in [1.165, 1.54) is 0 Å². The highest BCUT2D eigenvalue weighted by Gasteiger charge is 2.08. The van der Waals surface area contributed by atoms with Crippen LogP contribution in [0.1, 0.15) is 35.2 Å². The third-order valence-electron chi connectivity index (χ3n) is 2.86. The van der Waals surface area contributed by atoms with Gasteiger partial charge in [-0.2, -0.15) is 0 Å². The van der Waals surface area contributed by atoms with Crippen LogP contribution in [0.4, 0.5) is 5.69 Å². The Morgan fingerprint density at radius 3 is 2.63 bits per heavy atom. The monoisotopic (exact) mass is 263 g/mol. The molecular formula is C14H21N3O2. The first-order valence-corrected chi connectivity index (χ1v) is 6.41. The lowest BCUT2D eigenvalue weighted by Gasteiger charge is -2.10. The van der Waals surface area contributed by atoms with Gasteiger partial charge in [0.05, 0.1) is 0 Å². The molecule has 0 fully saturated rings. The van der Waals surface area contributed by atoms with E-state index in [0.29, 0.717) is 24.2 Å². The third-order valence-corrected chi connectivity index (χ3v) is 2.86. The molecule has 1 rings (SSSR count). The summed E-state index contributed by atoms with van der Waals surface area (Å²) in [7, 11) is 1.58. The fourth-order valence-electron chi connectivity index (χ4n) is 1.68. The van der Waals surface area contributed by atoms with Crippen molar-refractivity contribution in [1.82, 2.24) is 5.32 Å². The summed E-state index contributed by atoms with van der Waals surface area (Å²) < 4.78 is 0. The topological polar surface area (TPSA) is 84.2 Å². The van der Waals surface area contributed by atoms with E-state index in [2.05, 4.69) is 10.6 Å². The van der Waals surface area contributed by atoms with Crippen molar-refractivity contribution in [3.8, 4) is 0 Å². The van der Waals surface area contributed by atoms with Crippen LogP contribution in [-0.2, 0) is 4.79 Å². The first-order chi connectivity index (χ1) is 9.08. The van der Waals surface area contributed by atoms with E-state index in [9.17, 15) is 9.59 Å². The zero-order valence-electron chi connectivity index (χ0n) is 11.5. The molecule has 0 saturated heterocycles. The number of nitrogens with one attached hydrogen (secondary N) is 2. The van der Waals surface area contributed by atoms with Crippen molar-refractivity contribution >= 4 is 17.5 Å². The predicted octanol–water partition coefficient (Wildman–Crippen LogP) is 1.42. The average Bonchev–Trinajstić information content (AvgIpc) is 2.40. The number of amides is 2. The normalized spacial score (nSPS) is 10.1. The summed E-state index contributed by atoms with van der Waals surface area (Å²) in [5, 5.41) is 5.39. The van der Waals surface area contributed by atoms with Gasteiger partial charge in [0.2, 0.25) is 5.91 Å². The van der Waals surface area contributed by atoms with Crippen LogP contribution in [0, 0.1) is 6.92 Å². The maximum Gasteiger partial charge on any atom is 0.251 e. The molecule has 5 heteroatoms. The standard InChI is InChI=1S/C14H21N3O2/c1-10-6-7-11(14(19)16-2)9-12(10)17-13(18)5-3-4-8-15/h6-7,9H,3-5,8,15H2,1-2H3,(H,16,19)(H,17,18). The van der Waals surface area contributed by atoms with Crippen LogP contribution in [0.15, 0.2) is 18.2 Å². The molecule has 19 heavy (non-hydrogen) atoms. The van der Waals surface area contributed by atoms with E-state index in [-0.39, 0.29) is 11.8 Å². The number of unbranched alkanes of at least 4 members (excludes halogenated alkanes) is 1. The lowest BCUT2D eigenvalue weighted by Crippen LogP contribution is -2.19. The zero-order chi connectivity index (χ0) is 14.3. The van der Waals surface area contributed by atoms with E-state index in [1.54, 1.807) is 19.2 Å². The van der Waals surface area contributed by atoms with Gasteiger partial charge in [0, 0.05) is 24.7 Å². The van der Waals surface area contributed by atoms with Crippen LogP contribution < -0.4 is 16.4 Å². The van der Waals surface area contributed by atoms with E-state index >= 15 is 0 Å². The Hall–Kier alpha value is -1.88. The molecule has 0 bridgehead atoms. The molecule has 0 radical (unpaired) electrons. The summed E-state index contributed by atoms with van der Waals surface area (Å²) in [6, 6.07) is 5.24. The van der Waals surface area contributed by atoms with Gasteiger partial charge in [0.15, 0.2) is 0 Å². The molecule has 0 aliphatic heterocycles. The summed E-state index contributed by atoms with van der Waals surface area (Å²) in [5.41, 5.74) is 7.53. The minimum atomic E-state index is -0.168. The third kappa shape index (κ3) is 4.71. The fraction of sp³-hybridized carbons (Fsp3) is 0.429. The summed E-state index contributed by atoms with van der Waals surface area (Å²) in [6.07, 6.45) is 2.06. The van der Waals surface area contributed by atoms with Crippen molar-refractivity contribution in [2.45, 2.75) is 26.2 Å². The Labute approximate surface area is 113 Å². The maximum atomic E-state index is 11.7. The quantitative estimate of drug-likeness (QED) is 0.679. The van der Waals surface area contributed by atoms with Crippen molar-refractivity contribution in [2.75, 3.05) is 18.9 Å². The van der Waals surface area contributed by atoms with Crippen LogP contribution in [0.5, 0.6) is 0 Å². The summed E-state index contributed by atoms with van der Waals surface area (Å²) in [5.74, 6) is -0.218. The number of hydrogen-bond donors (Lipinski definition) is 3. The molecule has 104 valence electrons. The molecule has 0 aliphatic rings. The lowest BCUT2D eigenvalue weighted by atomic mass is 10.1. The molecule has 5 nitrogen and oxygen atoms in total. The summed E-state index contributed by atoms with van der Waals surface area (Å²) >= 11 is 0. The van der Waals surface area contributed by atoms with Crippen molar-refractivity contribution in [2.24, 2.45) is 5.73 Å². The molecule has 0 unspecified atom stereocenters. The Morgan fingerprint density at radius 1 is 1.26 bits per heavy atom. The minimum Gasteiger partial charge on any atom is -0.355 e. The Balaban J connectivity index is 2.71. The van der Waals surface area contributed by atoms with Crippen LogP contribution in [0.3, 0.4) is 0 Å². The number of benzene rings is 1. The number of rotatable bonds is 6. The van der Waals surface area contributed by atoms with Crippen molar-refractivity contribution in [3.05, 3.63) is 29.3 Å². The van der Waals surface area contributed by atoms with E-state index < -0.39 is 0 Å². The van der Waals surface area contributed by atoms with Gasteiger partial charge in [0.25, 0.3) is 5.91 Å². The van der Waals surface area contributed by atoms with Crippen LogP contribution in [-0.4, -0.2) is 25.4 Å². The molecule has 1 aromatic rings. The van der Waals surface area contributed by atoms with Crippen LogP contribution >= 0.6 is 0 Å². The molecule has 0 spiro atoms. The van der Waals surface area contributed by atoms with Crippen LogP contribution in [0.2, 0.25) is 0 Å². The predicted molar refractivity (Wildman–Crippen MR) is 76.1 cm³/mol. The average molecular weight is 263 g/mol. The highest BCUT2D eigenvalue weighted by Crippen LogP contribution is 2.17. The largest absolute Gasteiger partial charge is 0.355 e. The Bertz CT molecular complexity index is 458. The smallest absolute Gasteiger partial charge is 0.251 e. The highest BCUT2D eigenvalue weighted by molar-refractivity contribution is 5.97. The minimum absolute atomic E-state index is 0.0504. The number of carbonyl (C=O) groups is 2. The van der Waals surface area contributed by atoms with Gasteiger partial charge < -0.3 is 16.4 Å². The van der Waals surface area contributed by atoms with Gasteiger partial charge in [-0.15, -0.1) is 0 Å². The van der Waals surface area contributed by atoms with Gasteiger partial charge in [0.1, 0.15) is 0 Å². The first-order valence-electron chi connectivity index (χ1n) is 6.41. The molecule has 0 aromatic heterocycles. The second kappa shape index (κ2) is 7.53. The van der Waals surface area contributed by atoms with Gasteiger partial charge >= 0.3 is 0 Å². The molecule has 0 heterocycles.